The minimum atomic E-state index is -0.214. The SMILES string of the molecule is Cc1ccc(Cl)cc1N1CCN([C@H](C(=O)NC2CC2)c2ccccc2)CC1. The molecule has 5 heteroatoms. The van der Waals surface area contributed by atoms with Gasteiger partial charge < -0.3 is 10.2 Å². The molecule has 4 rings (SSSR count). The predicted octanol–water partition coefficient (Wildman–Crippen LogP) is 3.79. The third kappa shape index (κ3) is 4.28. The molecule has 0 radical (unpaired) electrons. The van der Waals surface area contributed by atoms with E-state index in [-0.39, 0.29) is 11.9 Å². The smallest absolute Gasteiger partial charge is 0.242 e. The zero-order chi connectivity index (χ0) is 18.8. The summed E-state index contributed by atoms with van der Waals surface area (Å²) in [6.45, 7) is 5.60. The summed E-state index contributed by atoms with van der Waals surface area (Å²) in [4.78, 5) is 17.6. The van der Waals surface area contributed by atoms with E-state index in [1.807, 2.05) is 30.3 Å². The number of halogens is 1. The molecular weight excluding hydrogens is 358 g/mol. The summed E-state index contributed by atoms with van der Waals surface area (Å²) in [5.74, 6) is 0.135. The van der Waals surface area contributed by atoms with Crippen LogP contribution < -0.4 is 10.2 Å². The zero-order valence-corrected chi connectivity index (χ0v) is 16.5. The molecule has 0 aromatic heterocycles. The van der Waals surface area contributed by atoms with Crippen LogP contribution in [0.3, 0.4) is 0 Å². The average molecular weight is 384 g/mol. The molecule has 1 heterocycles. The van der Waals surface area contributed by atoms with Gasteiger partial charge in [0.1, 0.15) is 6.04 Å². The van der Waals surface area contributed by atoms with Gasteiger partial charge in [0.25, 0.3) is 0 Å². The number of benzene rings is 2. The van der Waals surface area contributed by atoms with Gasteiger partial charge in [-0.2, -0.15) is 0 Å². The third-order valence-corrected chi connectivity index (χ3v) is 5.71. The van der Waals surface area contributed by atoms with Crippen LogP contribution in [0.4, 0.5) is 5.69 Å². The molecule has 2 aromatic rings. The van der Waals surface area contributed by atoms with E-state index in [0.717, 1.165) is 49.6 Å². The van der Waals surface area contributed by atoms with Crippen LogP contribution in [0, 0.1) is 6.92 Å². The van der Waals surface area contributed by atoms with Gasteiger partial charge in [0.15, 0.2) is 0 Å². The fraction of sp³-hybridized carbons (Fsp3) is 0.409. The van der Waals surface area contributed by atoms with Crippen molar-refractivity contribution in [2.45, 2.75) is 31.8 Å². The number of aryl methyl sites for hydroxylation is 1. The van der Waals surface area contributed by atoms with Crippen molar-refractivity contribution in [2.75, 3.05) is 31.1 Å². The van der Waals surface area contributed by atoms with Gasteiger partial charge in [0.2, 0.25) is 5.91 Å². The lowest BCUT2D eigenvalue weighted by molar-refractivity contribution is -0.127. The van der Waals surface area contributed by atoms with Gasteiger partial charge in [-0.05, 0) is 43.0 Å². The molecule has 1 N–H and O–H groups in total. The summed E-state index contributed by atoms with van der Waals surface area (Å²) in [7, 11) is 0. The highest BCUT2D eigenvalue weighted by Gasteiger charge is 2.33. The molecule has 1 amide bonds. The standard InChI is InChI=1S/C22H26ClN3O/c1-16-7-8-18(23)15-20(16)25-11-13-26(14-12-25)21(17-5-3-2-4-6-17)22(27)24-19-9-10-19/h2-8,15,19,21H,9-14H2,1H3,(H,24,27)/t21-/m0/s1. The molecule has 2 aromatic carbocycles. The van der Waals surface area contributed by atoms with Gasteiger partial charge in [-0.25, -0.2) is 0 Å². The quantitative estimate of drug-likeness (QED) is 0.853. The van der Waals surface area contributed by atoms with Crippen LogP contribution >= 0.6 is 11.6 Å². The Morgan fingerprint density at radius 2 is 1.78 bits per heavy atom. The maximum Gasteiger partial charge on any atom is 0.242 e. The van der Waals surface area contributed by atoms with Crippen LogP contribution in [0.5, 0.6) is 0 Å². The summed E-state index contributed by atoms with van der Waals surface area (Å²) in [6.07, 6.45) is 2.21. The lowest BCUT2D eigenvalue weighted by Gasteiger charge is -2.40. The number of nitrogens with zero attached hydrogens (tertiary/aromatic N) is 2. The number of hydrogen-bond donors (Lipinski definition) is 1. The minimum absolute atomic E-state index is 0.135. The predicted molar refractivity (Wildman–Crippen MR) is 110 cm³/mol. The van der Waals surface area contributed by atoms with Crippen molar-refractivity contribution in [3.05, 3.63) is 64.7 Å². The molecule has 0 spiro atoms. The molecule has 0 bridgehead atoms. The summed E-state index contributed by atoms with van der Waals surface area (Å²) < 4.78 is 0. The molecule has 2 aliphatic rings. The van der Waals surface area contributed by atoms with E-state index in [4.69, 9.17) is 11.6 Å². The van der Waals surface area contributed by atoms with Crippen LogP contribution in [-0.2, 0) is 4.79 Å². The molecule has 1 saturated carbocycles. The van der Waals surface area contributed by atoms with E-state index < -0.39 is 0 Å². The highest BCUT2D eigenvalue weighted by Crippen LogP contribution is 2.29. The molecule has 2 fully saturated rings. The van der Waals surface area contributed by atoms with Crippen LogP contribution in [0.25, 0.3) is 0 Å². The van der Waals surface area contributed by atoms with E-state index in [1.54, 1.807) is 0 Å². The first-order chi connectivity index (χ1) is 13.1. The average Bonchev–Trinajstić information content (AvgIpc) is 3.49. The van der Waals surface area contributed by atoms with Crippen molar-refractivity contribution in [2.24, 2.45) is 0 Å². The third-order valence-electron chi connectivity index (χ3n) is 5.48. The summed E-state index contributed by atoms with van der Waals surface area (Å²) >= 11 is 6.20. The first-order valence-corrected chi connectivity index (χ1v) is 10.1. The Morgan fingerprint density at radius 3 is 2.44 bits per heavy atom. The Hall–Kier alpha value is -2.04. The first kappa shape index (κ1) is 18.3. The number of amides is 1. The number of rotatable bonds is 5. The molecule has 0 unspecified atom stereocenters. The Kier molecular flexibility index (Phi) is 5.37. The maximum absolute atomic E-state index is 13.0. The van der Waals surface area contributed by atoms with Crippen LogP contribution in [0.15, 0.2) is 48.5 Å². The molecule has 1 saturated heterocycles. The van der Waals surface area contributed by atoms with E-state index in [0.29, 0.717) is 6.04 Å². The van der Waals surface area contributed by atoms with Gasteiger partial charge in [-0.15, -0.1) is 0 Å². The number of piperazine rings is 1. The monoisotopic (exact) mass is 383 g/mol. The molecule has 27 heavy (non-hydrogen) atoms. The lowest BCUT2D eigenvalue weighted by atomic mass is 10.0. The molecule has 1 atom stereocenters. The van der Waals surface area contributed by atoms with Crippen molar-refractivity contribution < 1.29 is 4.79 Å². The second kappa shape index (κ2) is 7.91. The van der Waals surface area contributed by atoms with E-state index in [1.165, 1.54) is 11.3 Å². The van der Waals surface area contributed by atoms with Crippen molar-refractivity contribution in [1.29, 1.82) is 0 Å². The highest BCUT2D eigenvalue weighted by molar-refractivity contribution is 6.30. The number of nitrogens with one attached hydrogen (secondary N) is 1. The Labute approximate surface area is 166 Å². The second-order valence-electron chi connectivity index (χ2n) is 7.55. The van der Waals surface area contributed by atoms with Gasteiger partial charge in [0.05, 0.1) is 0 Å². The van der Waals surface area contributed by atoms with Gasteiger partial charge in [-0.1, -0.05) is 48.0 Å². The molecular formula is C22H26ClN3O. The minimum Gasteiger partial charge on any atom is -0.369 e. The lowest BCUT2D eigenvalue weighted by Crippen LogP contribution is -2.51. The Bertz CT molecular complexity index is 798. The normalized spacial score (nSPS) is 19.0. The van der Waals surface area contributed by atoms with Crippen LogP contribution in [0.1, 0.15) is 30.0 Å². The summed E-state index contributed by atoms with van der Waals surface area (Å²) in [6, 6.07) is 16.4. The highest BCUT2D eigenvalue weighted by atomic mass is 35.5. The van der Waals surface area contributed by atoms with E-state index >= 15 is 0 Å². The van der Waals surface area contributed by atoms with Crippen molar-refractivity contribution in [3.63, 3.8) is 0 Å². The summed E-state index contributed by atoms with van der Waals surface area (Å²) in [5.41, 5.74) is 3.50. The Balaban J connectivity index is 1.49. The molecule has 1 aliphatic heterocycles. The first-order valence-electron chi connectivity index (χ1n) is 9.72. The maximum atomic E-state index is 13.0. The number of hydrogen-bond acceptors (Lipinski definition) is 3. The van der Waals surface area contributed by atoms with Crippen molar-refractivity contribution in [3.8, 4) is 0 Å². The summed E-state index contributed by atoms with van der Waals surface area (Å²) in [5, 5.41) is 3.97. The van der Waals surface area contributed by atoms with Crippen molar-refractivity contribution >= 4 is 23.2 Å². The van der Waals surface area contributed by atoms with Crippen LogP contribution in [-0.4, -0.2) is 43.0 Å². The van der Waals surface area contributed by atoms with E-state index in [2.05, 4.69) is 40.2 Å². The van der Waals surface area contributed by atoms with Crippen LogP contribution in [0.2, 0.25) is 5.02 Å². The van der Waals surface area contributed by atoms with Gasteiger partial charge in [0, 0.05) is 42.9 Å². The largest absolute Gasteiger partial charge is 0.369 e. The fourth-order valence-corrected chi connectivity index (χ4v) is 3.98. The number of carbonyl (C=O) groups excluding carboxylic acids is 1. The van der Waals surface area contributed by atoms with Gasteiger partial charge in [-0.3, -0.25) is 9.69 Å². The second-order valence-corrected chi connectivity index (χ2v) is 7.99. The number of carbonyl (C=O) groups is 1. The number of anilines is 1. The zero-order valence-electron chi connectivity index (χ0n) is 15.7. The molecule has 1 aliphatic carbocycles. The molecule has 142 valence electrons. The topological polar surface area (TPSA) is 35.6 Å². The Morgan fingerprint density at radius 1 is 1.07 bits per heavy atom. The van der Waals surface area contributed by atoms with E-state index in [9.17, 15) is 4.79 Å². The molecule has 4 nitrogen and oxygen atoms in total. The fourth-order valence-electron chi connectivity index (χ4n) is 3.82. The van der Waals surface area contributed by atoms with Crippen molar-refractivity contribution in [1.82, 2.24) is 10.2 Å². The van der Waals surface area contributed by atoms with Gasteiger partial charge >= 0.3 is 0 Å².